The van der Waals surface area contributed by atoms with Gasteiger partial charge in [-0.25, -0.2) is 0 Å². The number of primary amides is 2. The van der Waals surface area contributed by atoms with E-state index in [9.17, 15) is 62.6 Å². The first kappa shape index (κ1) is 66.5. The van der Waals surface area contributed by atoms with Gasteiger partial charge in [0.2, 0.25) is 70.9 Å². The van der Waals surface area contributed by atoms with Gasteiger partial charge in [0.05, 0.1) is 32.7 Å². The Labute approximate surface area is 427 Å². The molecule has 19 N–H and O–H groups in total. The molecule has 0 heterocycles. The van der Waals surface area contributed by atoms with Gasteiger partial charge >= 0.3 is 0 Å². The number of nitrogens with one attached hydrogen (secondary N) is 10. The number of aliphatic hydroxyl groups excluding tert-OH is 1. The van der Waals surface area contributed by atoms with Crippen molar-refractivity contribution in [3.63, 3.8) is 0 Å². The molecule has 0 saturated heterocycles. The number of nitrogens with two attached hydrogens (primary N) is 4. The second-order valence-corrected chi connectivity index (χ2v) is 18.4. The van der Waals surface area contributed by atoms with Crippen molar-refractivity contribution in [1.82, 2.24) is 53.2 Å². The highest BCUT2D eigenvalue weighted by atomic mass is 16.3. The third kappa shape index (κ3) is 26.2. The van der Waals surface area contributed by atoms with E-state index in [4.69, 9.17) is 22.9 Å². The number of carbonyl (C=O) groups excluding carboxylic acids is 12. The van der Waals surface area contributed by atoms with Gasteiger partial charge in [0.25, 0.3) is 0 Å². The second kappa shape index (κ2) is 35.6. The van der Waals surface area contributed by atoms with Gasteiger partial charge < -0.3 is 81.2 Å². The van der Waals surface area contributed by atoms with Crippen molar-refractivity contribution in [3.8, 4) is 0 Å². The lowest BCUT2D eigenvalue weighted by Crippen LogP contribution is -2.60. The molecule has 0 radical (unpaired) electrons. The number of unbranched alkanes of at least 4 members (excludes halogenated alkanes) is 2. The molecule has 0 aromatic carbocycles. The van der Waals surface area contributed by atoms with Crippen molar-refractivity contribution in [3.05, 3.63) is 0 Å². The van der Waals surface area contributed by atoms with E-state index in [2.05, 4.69) is 53.2 Å². The number of carbonyl (C=O) groups is 12. The van der Waals surface area contributed by atoms with Crippen LogP contribution in [0.15, 0.2) is 0 Å². The van der Waals surface area contributed by atoms with Crippen LogP contribution in [0, 0.1) is 17.8 Å². The number of aliphatic hydroxyl groups is 1. The van der Waals surface area contributed by atoms with E-state index in [0.717, 1.165) is 6.42 Å². The standard InChI is InChI=1S/C46H84N14O13/c1-9-12-15-28(39(50)66)56-42(69)30(18-24(4)5)54-36(65)22-52-45(72)37(25(6)10-2)60-46(73)38(26(7)11-3)59-40(67)27(8)53-35(64)21-51-41(68)29(16-13-14-17-47)57-43(70)31(19-33(49)62)58-44(71)32(23-61)55-34(63)20-48/h24-32,37-38,61H,9-23,47-48H2,1-8H3,(H2,49,62)(H2,50,66)(H,51,68)(H,52,72)(H,53,64)(H,54,65)(H,55,63)(H,56,69)(H,57,70)(H,58,71)(H,59,67)(H,60,73)/t25-,26-,27-,28-,29-,30-,31-,32-,37-,38-/m0/s1. The summed E-state index contributed by atoms with van der Waals surface area (Å²) in [6.07, 6.45) is 2.76. The van der Waals surface area contributed by atoms with E-state index >= 15 is 0 Å². The average Bonchev–Trinajstić information content (AvgIpc) is 3.33. The average molecular weight is 1040 g/mol. The monoisotopic (exact) mass is 1040 g/mol. The summed E-state index contributed by atoms with van der Waals surface area (Å²) in [6.45, 7) is 11.5. The maximum absolute atomic E-state index is 13.9. The molecule has 0 aromatic heterocycles. The fourth-order valence-corrected chi connectivity index (χ4v) is 6.93. The quantitative estimate of drug-likeness (QED) is 0.0259. The molecule has 27 heteroatoms. The van der Waals surface area contributed by atoms with Crippen LogP contribution in [-0.2, 0) is 57.5 Å². The lowest BCUT2D eigenvalue weighted by atomic mass is 9.94. The first-order valence-electron chi connectivity index (χ1n) is 24.8. The topological polar surface area (TPSA) is 449 Å². The molecular formula is C46H84N14O13. The third-order valence-electron chi connectivity index (χ3n) is 11.7. The van der Waals surface area contributed by atoms with Crippen LogP contribution in [0.5, 0.6) is 0 Å². The number of rotatable bonds is 37. The summed E-state index contributed by atoms with van der Waals surface area (Å²) >= 11 is 0. The van der Waals surface area contributed by atoms with Gasteiger partial charge in [0.15, 0.2) is 0 Å². The summed E-state index contributed by atoms with van der Waals surface area (Å²) < 4.78 is 0. The van der Waals surface area contributed by atoms with E-state index in [1.807, 2.05) is 20.8 Å². The molecule has 73 heavy (non-hydrogen) atoms. The van der Waals surface area contributed by atoms with Crippen LogP contribution in [0.25, 0.3) is 0 Å². The zero-order valence-corrected chi connectivity index (χ0v) is 43.6. The SMILES string of the molecule is CCCC[C@H](NC(=O)[C@H](CC(C)C)NC(=O)CNC(=O)[C@@H](NC(=O)[C@@H](NC(=O)[C@H](C)NC(=O)CNC(=O)[C@H](CCCCN)NC(=O)[C@H](CC(N)=O)NC(=O)[C@H](CO)NC(=O)CN)[C@@H](C)CC)[C@@H](C)CC)C(N)=O. The summed E-state index contributed by atoms with van der Waals surface area (Å²) in [6, 6.07) is -10.2. The molecule has 0 saturated carbocycles. The van der Waals surface area contributed by atoms with Gasteiger partial charge in [-0.1, -0.05) is 74.1 Å². The summed E-state index contributed by atoms with van der Waals surface area (Å²) in [5.41, 5.74) is 21.6. The number of hydrogen-bond donors (Lipinski definition) is 15. The highest BCUT2D eigenvalue weighted by Gasteiger charge is 2.35. The Hall–Kier alpha value is -6.48. The fourth-order valence-electron chi connectivity index (χ4n) is 6.93. The largest absolute Gasteiger partial charge is 0.394 e. The molecule has 0 unspecified atom stereocenters. The Morgan fingerprint density at radius 2 is 0.959 bits per heavy atom. The first-order valence-corrected chi connectivity index (χ1v) is 24.8. The van der Waals surface area contributed by atoms with Crippen LogP contribution < -0.4 is 76.1 Å². The molecule has 0 bridgehead atoms. The molecular weight excluding hydrogens is 957 g/mol. The predicted octanol–water partition coefficient (Wildman–Crippen LogP) is -5.11. The van der Waals surface area contributed by atoms with Gasteiger partial charge in [-0.15, -0.1) is 0 Å². The van der Waals surface area contributed by atoms with Crippen molar-refractivity contribution < 1.29 is 62.6 Å². The highest BCUT2D eigenvalue weighted by molar-refractivity contribution is 5.98. The number of amides is 12. The van der Waals surface area contributed by atoms with Gasteiger partial charge in [-0.3, -0.25) is 57.5 Å². The van der Waals surface area contributed by atoms with Crippen molar-refractivity contribution in [2.75, 3.05) is 32.8 Å². The van der Waals surface area contributed by atoms with E-state index in [1.165, 1.54) is 6.92 Å². The predicted molar refractivity (Wildman–Crippen MR) is 267 cm³/mol. The summed E-state index contributed by atoms with van der Waals surface area (Å²) in [7, 11) is 0. The maximum Gasteiger partial charge on any atom is 0.245 e. The zero-order valence-electron chi connectivity index (χ0n) is 43.6. The smallest absolute Gasteiger partial charge is 0.245 e. The molecule has 0 aliphatic heterocycles. The Morgan fingerprint density at radius 3 is 1.47 bits per heavy atom. The fraction of sp³-hybridized carbons (Fsp3) is 0.739. The van der Waals surface area contributed by atoms with Crippen molar-refractivity contribution in [2.24, 2.45) is 40.7 Å². The number of hydrogen-bond acceptors (Lipinski definition) is 15. The highest BCUT2D eigenvalue weighted by Crippen LogP contribution is 2.13. The Bertz CT molecular complexity index is 1870. The second-order valence-electron chi connectivity index (χ2n) is 18.4. The van der Waals surface area contributed by atoms with Crippen LogP contribution >= 0.6 is 0 Å². The molecule has 0 fully saturated rings. The Balaban J connectivity index is 5.90. The minimum atomic E-state index is -1.66. The lowest BCUT2D eigenvalue weighted by Gasteiger charge is -2.29. The molecule has 0 rings (SSSR count). The Morgan fingerprint density at radius 1 is 0.479 bits per heavy atom. The molecule has 27 nitrogen and oxygen atoms in total. The zero-order chi connectivity index (χ0) is 56.0. The molecule has 10 atom stereocenters. The summed E-state index contributed by atoms with van der Waals surface area (Å²) in [4.78, 5) is 155. The Kier molecular flexibility index (Phi) is 32.4. The molecule has 0 aliphatic carbocycles. The van der Waals surface area contributed by atoms with Crippen LogP contribution in [0.2, 0.25) is 0 Å². The van der Waals surface area contributed by atoms with Gasteiger partial charge in [-0.2, -0.15) is 0 Å². The minimum Gasteiger partial charge on any atom is -0.394 e. The molecule has 0 aliphatic rings. The lowest BCUT2D eigenvalue weighted by molar-refractivity contribution is -0.136. The van der Waals surface area contributed by atoms with E-state index in [0.29, 0.717) is 38.5 Å². The van der Waals surface area contributed by atoms with Crippen LogP contribution in [-0.4, -0.2) is 157 Å². The van der Waals surface area contributed by atoms with Crippen molar-refractivity contribution >= 4 is 70.9 Å². The van der Waals surface area contributed by atoms with Crippen LogP contribution in [0.1, 0.15) is 120 Å². The van der Waals surface area contributed by atoms with E-state index < -0.39 is 164 Å². The van der Waals surface area contributed by atoms with Gasteiger partial charge in [0.1, 0.15) is 48.3 Å². The third-order valence-corrected chi connectivity index (χ3v) is 11.7. The van der Waals surface area contributed by atoms with Crippen LogP contribution in [0.3, 0.4) is 0 Å². The van der Waals surface area contributed by atoms with Gasteiger partial charge in [-0.05, 0) is 63.3 Å². The molecule has 0 aromatic rings. The summed E-state index contributed by atoms with van der Waals surface area (Å²) in [5, 5.41) is 34.2. The first-order chi connectivity index (χ1) is 34.3. The van der Waals surface area contributed by atoms with Crippen molar-refractivity contribution in [1.29, 1.82) is 0 Å². The summed E-state index contributed by atoms with van der Waals surface area (Å²) in [5.74, 6) is -10.9. The van der Waals surface area contributed by atoms with E-state index in [-0.39, 0.29) is 25.3 Å². The van der Waals surface area contributed by atoms with Crippen molar-refractivity contribution in [2.45, 2.75) is 168 Å². The molecule has 12 amide bonds. The maximum atomic E-state index is 13.9. The van der Waals surface area contributed by atoms with Crippen LogP contribution in [0.4, 0.5) is 0 Å². The molecule has 416 valence electrons. The minimum absolute atomic E-state index is 0.00835. The normalized spacial score (nSPS) is 15.1. The molecule has 0 spiro atoms. The van der Waals surface area contributed by atoms with Gasteiger partial charge in [0, 0.05) is 0 Å². The van der Waals surface area contributed by atoms with E-state index in [1.54, 1.807) is 27.7 Å².